The standard InChI is InChI=1S/C9H10N4S/c1-6-2-3-7(14-6)9-11-5-4-8(12-9)13-10/h2-5H,10H2,1H3,(H,11,12,13). The molecule has 2 rings (SSSR count). The molecular formula is C9H10N4S. The fourth-order valence-electron chi connectivity index (χ4n) is 1.11. The summed E-state index contributed by atoms with van der Waals surface area (Å²) in [5.74, 6) is 6.60. The SMILES string of the molecule is Cc1ccc(-c2nccc(NN)n2)s1. The van der Waals surface area contributed by atoms with Crippen molar-refractivity contribution in [2.75, 3.05) is 5.43 Å². The summed E-state index contributed by atoms with van der Waals surface area (Å²) in [6.07, 6.45) is 1.69. The molecule has 0 saturated heterocycles. The van der Waals surface area contributed by atoms with Gasteiger partial charge in [-0.3, -0.25) is 0 Å². The summed E-state index contributed by atoms with van der Waals surface area (Å²) in [7, 11) is 0. The van der Waals surface area contributed by atoms with Gasteiger partial charge in [0.25, 0.3) is 0 Å². The van der Waals surface area contributed by atoms with Crippen LogP contribution in [0.4, 0.5) is 5.82 Å². The number of hydrazine groups is 1. The highest BCUT2D eigenvalue weighted by atomic mass is 32.1. The second-order valence-electron chi connectivity index (χ2n) is 2.82. The average Bonchev–Trinajstić information content (AvgIpc) is 2.65. The number of anilines is 1. The minimum atomic E-state index is 0.626. The van der Waals surface area contributed by atoms with Crippen LogP contribution in [0.15, 0.2) is 24.4 Å². The molecule has 2 heterocycles. The highest BCUT2D eigenvalue weighted by Gasteiger charge is 2.03. The van der Waals surface area contributed by atoms with E-state index < -0.39 is 0 Å². The fourth-order valence-corrected chi connectivity index (χ4v) is 1.92. The summed E-state index contributed by atoms with van der Waals surface area (Å²) in [5, 5.41) is 0. The van der Waals surface area contributed by atoms with E-state index in [-0.39, 0.29) is 0 Å². The van der Waals surface area contributed by atoms with Crippen LogP contribution in [0.1, 0.15) is 4.88 Å². The van der Waals surface area contributed by atoms with Gasteiger partial charge in [0.15, 0.2) is 5.82 Å². The minimum absolute atomic E-state index is 0.626. The second kappa shape index (κ2) is 3.73. The number of nitrogens with zero attached hydrogens (tertiary/aromatic N) is 2. The third-order valence-electron chi connectivity index (χ3n) is 1.76. The quantitative estimate of drug-likeness (QED) is 0.581. The van der Waals surface area contributed by atoms with Crippen molar-refractivity contribution < 1.29 is 0 Å². The molecule has 0 fully saturated rings. The molecule has 0 amide bonds. The zero-order valence-electron chi connectivity index (χ0n) is 7.69. The molecule has 0 bridgehead atoms. The van der Waals surface area contributed by atoms with Crippen molar-refractivity contribution in [1.29, 1.82) is 0 Å². The Hall–Kier alpha value is -1.46. The van der Waals surface area contributed by atoms with Crippen LogP contribution in [0.3, 0.4) is 0 Å². The molecule has 2 aromatic rings. The molecule has 5 heteroatoms. The first-order valence-corrected chi connectivity index (χ1v) is 4.98. The van der Waals surface area contributed by atoms with E-state index in [2.05, 4.69) is 22.3 Å². The Morgan fingerprint density at radius 2 is 2.21 bits per heavy atom. The topological polar surface area (TPSA) is 63.8 Å². The van der Waals surface area contributed by atoms with E-state index in [0.29, 0.717) is 11.6 Å². The first kappa shape index (κ1) is 9.11. The van der Waals surface area contributed by atoms with Gasteiger partial charge in [0.1, 0.15) is 5.82 Å². The largest absolute Gasteiger partial charge is 0.308 e. The number of aryl methyl sites for hydroxylation is 1. The van der Waals surface area contributed by atoms with Crippen LogP contribution in [0.25, 0.3) is 10.7 Å². The lowest BCUT2D eigenvalue weighted by Crippen LogP contribution is -2.08. The first-order chi connectivity index (χ1) is 6.79. The zero-order chi connectivity index (χ0) is 9.97. The summed E-state index contributed by atoms with van der Waals surface area (Å²) >= 11 is 1.67. The van der Waals surface area contributed by atoms with Gasteiger partial charge in [-0.25, -0.2) is 15.8 Å². The van der Waals surface area contributed by atoms with E-state index in [9.17, 15) is 0 Å². The smallest absolute Gasteiger partial charge is 0.171 e. The van der Waals surface area contributed by atoms with Crippen LogP contribution < -0.4 is 11.3 Å². The van der Waals surface area contributed by atoms with Crippen molar-refractivity contribution in [2.24, 2.45) is 5.84 Å². The Kier molecular flexibility index (Phi) is 2.43. The Morgan fingerprint density at radius 3 is 2.86 bits per heavy atom. The maximum Gasteiger partial charge on any atom is 0.171 e. The van der Waals surface area contributed by atoms with Gasteiger partial charge in [-0.15, -0.1) is 11.3 Å². The third-order valence-corrected chi connectivity index (χ3v) is 2.76. The average molecular weight is 206 g/mol. The van der Waals surface area contributed by atoms with E-state index in [1.165, 1.54) is 4.88 Å². The number of hydrogen-bond acceptors (Lipinski definition) is 5. The van der Waals surface area contributed by atoms with Crippen molar-refractivity contribution in [2.45, 2.75) is 6.92 Å². The van der Waals surface area contributed by atoms with E-state index in [1.807, 2.05) is 12.1 Å². The number of nitrogens with two attached hydrogens (primary N) is 1. The normalized spacial score (nSPS) is 10.1. The van der Waals surface area contributed by atoms with Gasteiger partial charge in [0, 0.05) is 17.1 Å². The monoisotopic (exact) mass is 206 g/mol. The number of aromatic nitrogens is 2. The summed E-state index contributed by atoms with van der Waals surface area (Å²) < 4.78 is 0. The van der Waals surface area contributed by atoms with Gasteiger partial charge in [0.05, 0.1) is 4.88 Å². The molecule has 0 radical (unpaired) electrons. The predicted molar refractivity (Wildman–Crippen MR) is 57.9 cm³/mol. The van der Waals surface area contributed by atoms with Crippen LogP contribution >= 0.6 is 11.3 Å². The number of nitrogens with one attached hydrogen (secondary N) is 1. The first-order valence-electron chi connectivity index (χ1n) is 4.16. The number of nitrogen functional groups attached to an aromatic ring is 1. The molecule has 14 heavy (non-hydrogen) atoms. The van der Waals surface area contributed by atoms with Crippen LogP contribution in [0.2, 0.25) is 0 Å². The molecule has 0 aliphatic rings. The van der Waals surface area contributed by atoms with Gasteiger partial charge in [0.2, 0.25) is 0 Å². The maximum atomic E-state index is 5.27. The maximum absolute atomic E-state index is 5.27. The number of hydrogen-bond donors (Lipinski definition) is 2. The van der Waals surface area contributed by atoms with Crippen LogP contribution in [-0.4, -0.2) is 9.97 Å². The molecule has 2 aromatic heterocycles. The molecule has 0 aromatic carbocycles. The Morgan fingerprint density at radius 1 is 1.36 bits per heavy atom. The zero-order valence-corrected chi connectivity index (χ0v) is 8.51. The van der Waals surface area contributed by atoms with Crippen molar-refractivity contribution in [3.8, 4) is 10.7 Å². The summed E-state index contributed by atoms with van der Waals surface area (Å²) in [6.45, 7) is 2.05. The number of rotatable bonds is 2. The lowest BCUT2D eigenvalue weighted by molar-refractivity contribution is 1.15. The highest BCUT2D eigenvalue weighted by Crippen LogP contribution is 2.24. The van der Waals surface area contributed by atoms with E-state index in [1.54, 1.807) is 23.6 Å². The Bertz CT molecular complexity index is 438. The van der Waals surface area contributed by atoms with E-state index in [4.69, 9.17) is 5.84 Å². The molecule has 4 nitrogen and oxygen atoms in total. The molecule has 3 N–H and O–H groups in total. The van der Waals surface area contributed by atoms with Crippen molar-refractivity contribution in [3.05, 3.63) is 29.3 Å². The number of thiophene rings is 1. The molecule has 0 unspecified atom stereocenters. The van der Waals surface area contributed by atoms with Crippen LogP contribution in [0.5, 0.6) is 0 Å². The second-order valence-corrected chi connectivity index (χ2v) is 4.11. The van der Waals surface area contributed by atoms with E-state index >= 15 is 0 Å². The van der Waals surface area contributed by atoms with Crippen molar-refractivity contribution in [3.63, 3.8) is 0 Å². The van der Waals surface area contributed by atoms with Crippen LogP contribution in [0, 0.1) is 6.92 Å². The molecule has 0 saturated carbocycles. The third kappa shape index (κ3) is 1.73. The molecule has 0 aliphatic heterocycles. The molecule has 0 aliphatic carbocycles. The van der Waals surface area contributed by atoms with Gasteiger partial charge in [-0.1, -0.05) is 0 Å². The van der Waals surface area contributed by atoms with Gasteiger partial charge < -0.3 is 5.43 Å². The predicted octanol–water partition coefficient (Wildman–Crippen LogP) is 1.80. The van der Waals surface area contributed by atoms with Crippen molar-refractivity contribution >= 4 is 17.2 Å². The lowest BCUT2D eigenvalue weighted by Gasteiger charge is -1.99. The molecular weight excluding hydrogens is 196 g/mol. The lowest BCUT2D eigenvalue weighted by atomic mass is 10.4. The van der Waals surface area contributed by atoms with E-state index in [0.717, 1.165) is 4.88 Å². The molecule has 72 valence electrons. The van der Waals surface area contributed by atoms with Crippen molar-refractivity contribution in [1.82, 2.24) is 9.97 Å². The van der Waals surface area contributed by atoms with Gasteiger partial charge in [-0.2, -0.15) is 0 Å². The molecule has 0 spiro atoms. The van der Waals surface area contributed by atoms with Crippen LogP contribution in [-0.2, 0) is 0 Å². The van der Waals surface area contributed by atoms with Gasteiger partial charge >= 0.3 is 0 Å². The summed E-state index contributed by atoms with van der Waals surface area (Å²) in [6, 6.07) is 5.78. The Balaban J connectivity index is 2.41. The highest BCUT2D eigenvalue weighted by molar-refractivity contribution is 7.15. The Labute approximate surface area is 85.8 Å². The van der Waals surface area contributed by atoms with Gasteiger partial charge in [-0.05, 0) is 19.1 Å². The minimum Gasteiger partial charge on any atom is -0.308 e. The fraction of sp³-hybridized carbons (Fsp3) is 0.111. The summed E-state index contributed by atoms with van der Waals surface area (Å²) in [5.41, 5.74) is 2.50. The molecule has 0 atom stereocenters. The summed E-state index contributed by atoms with van der Waals surface area (Å²) in [4.78, 5) is 10.7.